The molecule has 3 aromatic rings. The van der Waals surface area contributed by atoms with Crippen LogP contribution in [-0.2, 0) is 11.3 Å². The molecular formula is C26H28F3N7O2. The van der Waals surface area contributed by atoms with Crippen LogP contribution in [0.25, 0.3) is 5.70 Å². The molecule has 38 heavy (non-hydrogen) atoms. The summed E-state index contributed by atoms with van der Waals surface area (Å²) in [4.78, 5) is 8.80. The van der Waals surface area contributed by atoms with E-state index in [0.717, 1.165) is 36.7 Å². The van der Waals surface area contributed by atoms with Gasteiger partial charge in [-0.2, -0.15) is 5.10 Å². The highest BCUT2D eigenvalue weighted by Gasteiger charge is 2.31. The van der Waals surface area contributed by atoms with Crippen LogP contribution in [0.2, 0.25) is 0 Å². The Bertz CT molecular complexity index is 1320. The highest BCUT2D eigenvalue weighted by molar-refractivity contribution is 5.95. The van der Waals surface area contributed by atoms with Crippen molar-refractivity contribution in [1.29, 1.82) is 0 Å². The van der Waals surface area contributed by atoms with Gasteiger partial charge >= 0.3 is 6.36 Å². The quantitative estimate of drug-likeness (QED) is 0.300. The van der Waals surface area contributed by atoms with Crippen LogP contribution in [0.1, 0.15) is 22.5 Å². The number of aryl methyl sites for hydroxylation is 1. The molecule has 0 bridgehead atoms. The van der Waals surface area contributed by atoms with Crippen LogP contribution < -0.4 is 15.5 Å². The molecule has 0 amide bonds. The van der Waals surface area contributed by atoms with Gasteiger partial charge in [-0.05, 0) is 60.5 Å². The Morgan fingerprint density at radius 2 is 2.00 bits per heavy atom. The average Bonchev–Trinajstić information content (AvgIpc) is 3.52. The second kappa shape index (κ2) is 11.8. The lowest BCUT2D eigenvalue weighted by molar-refractivity contribution is -0.274. The van der Waals surface area contributed by atoms with Gasteiger partial charge < -0.3 is 19.8 Å². The molecule has 1 aromatic carbocycles. The number of benzene rings is 1. The average molecular weight is 528 g/mol. The molecule has 0 spiro atoms. The fourth-order valence-electron chi connectivity index (χ4n) is 3.72. The summed E-state index contributed by atoms with van der Waals surface area (Å²) in [5.74, 6) is 0.682. The summed E-state index contributed by atoms with van der Waals surface area (Å²) in [5, 5.41) is 9.98. The molecule has 0 unspecified atom stereocenters. The number of hydrogen-bond donors (Lipinski definition) is 2. The number of halogens is 3. The van der Waals surface area contributed by atoms with Crippen LogP contribution in [0.15, 0.2) is 72.5 Å². The van der Waals surface area contributed by atoms with Gasteiger partial charge in [0.2, 0.25) is 5.90 Å². The van der Waals surface area contributed by atoms with Crippen LogP contribution in [0.5, 0.6) is 5.75 Å². The molecule has 200 valence electrons. The Hall–Kier alpha value is -4.32. The topological polar surface area (TPSA) is 88.8 Å². The maximum atomic E-state index is 12.4. The summed E-state index contributed by atoms with van der Waals surface area (Å²) >= 11 is 0. The van der Waals surface area contributed by atoms with Crippen molar-refractivity contribution in [1.82, 2.24) is 25.2 Å². The highest BCUT2D eigenvalue weighted by atomic mass is 19.4. The van der Waals surface area contributed by atoms with E-state index >= 15 is 0 Å². The summed E-state index contributed by atoms with van der Waals surface area (Å²) in [7, 11) is 1.47. The predicted octanol–water partition coefficient (Wildman–Crippen LogP) is 4.34. The zero-order chi connectivity index (χ0) is 27.1. The van der Waals surface area contributed by atoms with Crippen molar-refractivity contribution in [2.24, 2.45) is 4.99 Å². The molecule has 3 heterocycles. The van der Waals surface area contributed by atoms with Gasteiger partial charge in [0.1, 0.15) is 17.3 Å². The van der Waals surface area contributed by atoms with Gasteiger partial charge in [-0.25, -0.2) is 15.4 Å². The second-order valence-electron chi connectivity index (χ2n) is 8.39. The third kappa shape index (κ3) is 7.35. The lowest BCUT2D eigenvalue weighted by Gasteiger charge is -2.16. The molecule has 4 rings (SSSR count). The monoisotopic (exact) mass is 527 g/mol. The van der Waals surface area contributed by atoms with E-state index in [-0.39, 0.29) is 11.6 Å². The molecule has 0 atom stereocenters. The summed E-state index contributed by atoms with van der Waals surface area (Å²) in [5.41, 5.74) is 6.45. The molecule has 0 fully saturated rings. The second-order valence-corrected chi connectivity index (χ2v) is 8.39. The number of aliphatic imine (C=N–C) groups is 1. The number of nitrogens with zero attached hydrogens (tertiary/aromatic N) is 5. The molecule has 9 nitrogen and oxygen atoms in total. The SMILES string of the molecule is C=C(N=C(OC)c1cc(C)n(Cc2ccnc(NCCN3C=CCN3)c2)n1)c1ccc(OC(F)(F)F)cc1. The zero-order valence-corrected chi connectivity index (χ0v) is 21.0. The van der Waals surface area contributed by atoms with E-state index < -0.39 is 6.36 Å². The Balaban J connectivity index is 1.41. The van der Waals surface area contributed by atoms with Crippen LogP contribution in [0.4, 0.5) is 19.0 Å². The Morgan fingerprint density at radius 3 is 2.68 bits per heavy atom. The molecule has 12 heteroatoms. The lowest BCUT2D eigenvalue weighted by atomic mass is 10.2. The minimum absolute atomic E-state index is 0.231. The van der Waals surface area contributed by atoms with E-state index in [9.17, 15) is 13.2 Å². The standard InChI is InChI=1S/C26H28F3N7O2/c1-18-15-23(25(37-3)33-19(2)21-5-7-22(8-6-21)38-26(27,28)29)34-36(18)17-20-9-11-30-24(16-20)31-12-14-35-13-4-10-32-35/h4-9,11,13,15-16,32H,2,10,12,14,17H2,1,3H3,(H,30,31). The molecule has 1 aliphatic heterocycles. The van der Waals surface area contributed by atoms with Crippen LogP contribution in [-0.4, -0.2) is 58.8 Å². The lowest BCUT2D eigenvalue weighted by Crippen LogP contribution is -2.32. The van der Waals surface area contributed by atoms with E-state index in [2.05, 4.69) is 43.2 Å². The number of rotatable bonds is 10. The van der Waals surface area contributed by atoms with Crippen LogP contribution in [0, 0.1) is 6.92 Å². The van der Waals surface area contributed by atoms with Gasteiger partial charge in [0.25, 0.3) is 0 Å². The van der Waals surface area contributed by atoms with E-state index in [1.807, 2.05) is 41.0 Å². The van der Waals surface area contributed by atoms with E-state index in [0.29, 0.717) is 23.5 Å². The summed E-state index contributed by atoms with van der Waals surface area (Å²) < 4.78 is 48.4. The summed E-state index contributed by atoms with van der Waals surface area (Å²) in [6, 6.07) is 11.0. The zero-order valence-electron chi connectivity index (χ0n) is 21.0. The van der Waals surface area contributed by atoms with Crippen molar-refractivity contribution in [3.63, 3.8) is 0 Å². The first-order valence-corrected chi connectivity index (χ1v) is 11.8. The molecule has 0 radical (unpaired) electrons. The Labute approximate surface area is 218 Å². The predicted molar refractivity (Wildman–Crippen MR) is 138 cm³/mol. The van der Waals surface area contributed by atoms with Crippen molar-refractivity contribution in [3.8, 4) is 5.75 Å². The number of hydrazine groups is 1. The smallest absolute Gasteiger partial charge is 0.479 e. The maximum Gasteiger partial charge on any atom is 0.573 e. The molecule has 0 saturated heterocycles. The van der Waals surface area contributed by atoms with Gasteiger partial charge in [-0.1, -0.05) is 12.7 Å². The van der Waals surface area contributed by atoms with Crippen molar-refractivity contribution in [2.45, 2.75) is 19.8 Å². The molecule has 0 saturated carbocycles. The van der Waals surface area contributed by atoms with Gasteiger partial charge in [0.05, 0.1) is 25.9 Å². The van der Waals surface area contributed by atoms with Crippen LogP contribution in [0.3, 0.4) is 0 Å². The number of hydrogen-bond acceptors (Lipinski definition) is 8. The fraction of sp³-hybridized carbons (Fsp3) is 0.269. The third-order valence-electron chi connectivity index (χ3n) is 5.56. The van der Waals surface area contributed by atoms with Gasteiger partial charge in [0.15, 0.2) is 0 Å². The number of nitrogens with one attached hydrogen (secondary N) is 2. The van der Waals surface area contributed by atoms with Crippen molar-refractivity contribution < 1.29 is 22.6 Å². The number of ether oxygens (including phenoxy) is 2. The molecular weight excluding hydrogens is 499 g/mol. The first-order chi connectivity index (χ1) is 18.2. The maximum absolute atomic E-state index is 12.4. The highest BCUT2D eigenvalue weighted by Crippen LogP contribution is 2.25. The third-order valence-corrected chi connectivity index (χ3v) is 5.56. The van der Waals surface area contributed by atoms with Crippen molar-refractivity contribution in [3.05, 3.63) is 90.0 Å². The number of anilines is 1. The molecule has 2 aromatic heterocycles. The van der Waals surface area contributed by atoms with Crippen molar-refractivity contribution >= 4 is 17.4 Å². The number of methoxy groups -OCH3 is 1. The molecule has 1 aliphatic rings. The number of aromatic nitrogens is 3. The molecule has 0 aliphatic carbocycles. The summed E-state index contributed by atoms with van der Waals surface area (Å²) in [6.45, 7) is 8.73. The Kier molecular flexibility index (Phi) is 8.31. The minimum Gasteiger partial charge on any atom is -0.479 e. The van der Waals surface area contributed by atoms with E-state index in [1.165, 1.54) is 31.4 Å². The normalized spacial score (nSPS) is 13.6. The first kappa shape index (κ1) is 26.7. The largest absolute Gasteiger partial charge is 0.573 e. The van der Waals surface area contributed by atoms with Crippen LogP contribution >= 0.6 is 0 Å². The Morgan fingerprint density at radius 1 is 1.21 bits per heavy atom. The first-order valence-electron chi connectivity index (χ1n) is 11.8. The molecule has 2 N–H and O–H groups in total. The van der Waals surface area contributed by atoms with Gasteiger partial charge in [-0.15, -0.1) is 13.2 Å². The van der Waals surface area contributed by atoms with Gasteiger partial charge in [-0.3, -0.25) is 4.68 Å². The minimum atomic E-state index is -4.76. The summed E-state index contributed by atoms with van der Waals surface area (Å²) in [6.07, 6.45) is 1.07. The van der Waals surface area contributed by atoms with Crippen molar-refractivity contribution in [2.75, 3.05) is 32.1 Å². The number of alkyl halides is 3. The number of pyridine rings is 1. The van der Waals surface area contributed by atoms with Gasteiger partial charge in [0, 0.05) is 31.2 Å². The fourth-order valence-corrected chi connectivity index (χ4v) is 3.72. The van der Waals surface area contributed by atoms with E-state index in [1.54, 1.807) is 6.20 Å². The van der Waals surface area contributed by atoms with E-state index in [4.69, 9.17) is 4.74 Å².